The zero-order valence-electron chi connectivity index (χ0n) is 14.3. The fourth-order valence-electron chi connectivity index (χ4n) is 3.85. The number of carbonyl (C=O) groups excluding carboxylic acids is 2. The van der Waals surface area contributed by atoms with Crippen LogP contribution in [0.1, 0.15) is 44.9 Å². The molecular formula is C18H26N4O2. The van der Waals surface area contributed by atoms with Crippen LogP contribution in [-0.4, -0.2) is 46.6 Å². The molecular weight excluding hydrogens is 304 g/mol. The van der Waals surface area contributed by atoms with Crippen LogP contribution in [0.3, 0.4) is 0 Å². The van der Waals surface area contributed by atoms with Crippen molar-refractivity contribution >= 4 is 11.8 Å². The van der Waals surface area contributed by atoms with Gasteiger partial charge in [-0.1, -0.05) is 11.6 Å². The SMILES string of the molecule is CNC(=O)C1(n2cccn2)CCCN(C(=O)CC2=CCCCC2)C1. The molecule has 1 aromatic heterocycles. The summed E-state index contributed by atoms with van der Waals surface area (Å²) in [5.41, 5.74) is 0.453. The van der Waals surface area contributed by atoms with E-state index in [4.69, 9.17) is 0 Å². The van der Waals surface area contributed by atoms with E-state index in [1.54, 1.807) is 17.9 Å². The van der Waals surface area contributed by atoms with Crippen LogP contribution in [0.15, 0.2) is 30.1 Å². The minimum Gasteiger partial charge on any atom is -0.357 e. The average molecular weight is 330 g/mol. The van der Waals surface area contributed by atoms with Crippen molar-refractivity contribution in [2.75, 3.05) is 20.1 Å². The fraction of sp³-hybridized carbons (Fsp3) is 0.611. The number of carbonyl (C=O) groups is 2. The second kappa shape index (κ2) is 7.20. The summed E-state index contributed by atoms with van der Waals surface area (Å²) in [6, 6.07) is 1.82. The van der Waals surface area contributed by atoms with Crippen molar-refractivity contribution in [2.45, 2.75) is 50.5 Å². The Hall–Kier alpha value is -2.11. The van der Waals surface area contributed by atoms with Crippen molar-refractivity contribution in [3.8, 4) is 0 Å². The van der Waals surface area contributed by atoms with Gasteiger partial charge in [-0.25, -0.2) is 0 Å². The lowest BCUT2D eigenvalue weighted by Crippen LogP contribution is -2.59. The highest BCUT2D eigenvalue weighted by molar-refractivity contribution is 5.86. The summed E-state index contributed by atoms with van der Waals surface area (Å²) < 4.78 is 1.71. The second-order valence-corrected chi connectivity index (χ2v) is 6.77. The number of piperidine rings is 1. The summed E-state index contributed by atoms with van der Waals surface area (Å²) in [5, 5.41) is 7.05. The monoisotopic (exact) mass is 330 g/mol. The first kappa shape index (κ1) is 16.7. The lowest BCUT2D eigenvalue weighted by molar-refractivity contribution is -0.140. The number of aromatic nitrogens is 2. The van der Waals surface area contributed by atoms with E-state index < -0.39 is 5.54 Å². The molecule has 1 fully saturated rings. The molecule has 24 heavy (non-hydrogen) atoms. The third kappa shape index (κ3) is 3.23. The number of hydrogen-bond donors (Lipinski definition) is 1. The van der Waals surface area contributed by atoms with Crippen molar-refractivity contribution in [2.24, 2.45) is 0 Å². The third-order valence-electron chi connectivity index (χ3n) is 5.18. The Kier molecular flexibility index (Phi) is 5.02. The zero-order valence-corrected chi connectivity index (χ0v) is 14.3. The van der Waals surface area contributed by atoms with Crippen LogP contribution in [0, 0.1) is 0 Å². The lowest BCUT2D eigenvalue weighted by Gasteiger charge is -2.41. The molecule has 2 heterocycles. The maximum atomic E-state index is 12.8. The normalized spacial score (nSPS) is 24.4. The second-order valence-electron chi connectivity index (χ2n) is 6.77. The molecule has 2 amide bonds. The van der Waals surface area contributed by atoms with E-state index in [9.17, 15) is 9.59 Å². The quantitative estimate of drug-likeness (QED) is 0.857. The number of likely N-dealkylation sites (tertiary alicyclic amines) is 1. The molecule has 0 radical (unpaired) electrons. The average Bonchev–Trinajstić information content (AvgIpc) is 3.17. The van der Waals surface area contributed by atoms with Crippen molar-refractivity contribution in [3.63, 3.8) is 0 Å². The number of nitrogens with one attached hydrogen (secondary N) is 1. The molecule has 0 saturated carbocycles. The van der Waals surface area contributed by atoms with Gasteiger partial charge in [-0.05, 0) is 44.6 Å². The Bertz CT molecular complexity index is 623. The number of amides is 2. The molecule has 1 atom stereocenters. The predicted octanol–water partition coefficient (Wildman–Crippen LogP) is 1.84. The van der Waals surface area contributed by atoms with Gasteiger partial charge in [0.25, 0.3) is 0 Å². The highest BCUT2D eigenvalue weighted by Crippen LogP contribution is 2.30. The van der Waals surface area contributed by atoms with E-state index >= 15 is 0 Å². The largest absolute Gasteiger partial charge is 0.357 e. The van der Waals surface area contributed by atoms with E-state index in [1.165, 1.54) is 18.4 Å². The van der Waals surface area contributed by atoms with Crippen molar-refractivity contribution in [1.29, 1.82) is 0 Å². The lowest BCUT2D eigenvalue weighted by atomic mass is 9.87. The summed E-state index contributed by atoms with van der Waals surface area (Å²) in [5.74, 6) is 0.0452. The molecule has 1 N–H and O–H groups in total. The highest BCUT2D eigenvalue weighted by atomic mass is 16.2. The van der Waals surface area contributed by atoms with Crippen LogP contribution in [0.4, 0.5) is 0 Å². The maximum absolute atomic E-state index is 12.8. The van der Waals surface area contributed by atoms with E-state index in [-0.39, 0.29) is 11.8 Å². The summed E-state index contributed by atoms with van der Waals surface area (Å²) in [6.07, 6.45) is 12.2. The van der Waals surface area contributed by atoms with Gasteiger partial charge in [0.1, 0.15) is 0 Å². The van der Waals surface area contributed by atoms with Gasteiger partial charge in [0.15, 0.2) is 5.54 Å². The summed E-state index contributed by atoms with van der Waals surface area (Å²) in [4.78, 5) is 27.2. The predicted molar refractivity (Wildman–Crippen MR) is 91.2 cm³/mol. The summed E-state index contributed by atoms with van der Waals surface area (Å²) in [7, 11) is 1.64. The van der Waals surface area contributed by atoms with Gasteiger partial charge in [0, 0.05) is 32.4 Å². The first-order valence-corrected chi connectivity index (χ1v) is 8.84. The molecule has 3 rings (SSSR count). The maximum Gasteiger partial charge on any atom is 0.249 e. The molecule has 0 bridgehead atoms. The molecule has 1 aliphatic carbocycles. The summed E-state index contributed by atoms with van der Waals surface area (Å²) in [6.45, 7) is 1.10. The van der Waals surface area contributed by atoms with E-state index in [1.807, 2.05) is 17.2 Å². The first-order chi connectivity index (χ1) is 11.7. The van der Waals surface area contributed by atoms with Gasteiger partial charge >= 0.3 is 0 Å². The minimum atomic E-state index is -0.799. The molecule has 1 aliphatic heterocycles. The Morgan fingerprint density at radius 1 is 1.33 bits per heavy atom. The van der Waals surface area contributed by atoms with Crippen LogP contribution < -0.4 is 5.32 Å². The minimum absolute atomic E-state index is 0.0828. The molecule has 0 aromatic carbocycles. The van der Waals surface area contributed by atoms with Crippen LogP contribution in [0.25, 0.3) is 0 Å². The molecule has 0 spiro atoms. The molecule has 2 aliphatic rings. The molecule has 130 valence electrons. The van der Waals surface area contributed by atoms with Gasteiger partial charge in [-0.15, -0.1) is 0 Å². The first-order valence-electron chi connectivity index (χ1n) is 8.84. The van der Waals surface area contributed by atoms with E-state index in [0.717, 1.165) is 19.3 Å². The molecule has 1 saturated heterocycles. The Labute approximate surface area is 142 Å². The Balaban J connectivity index is 1.77. The third-order valence-corrected chi connectivity index (χ3v) is 5.18. The molecule has 6 heteroatoms. The van der Waals surface area contributed by atoms with Gasteiger partial charge in [0.05, 0.1) is 6.54 Å². The van der Waals surface area contributed by atoms with Crippen LogP contribution in [0.2, 0.25) is 0 Å². The highest BCUT2D eigenvalue weighted by Gasteiger charge is 2.45. The number of hydrogen-bond acceptors (Lipinski definition) is 3. The number of rotatable bonds is 4. The molecule has 1 aromatic rings. The fourth-order valence-corrected chi connectivity index (χ4v) is 3.85. The van der Waals surface area contributed by atoms with Gasteiger partial charge in [0.2, 0.25) is 11.8 Å². The van der Waals surface area contributed by atoms with Gasteiger partial charge in [-0.3, -0.25) is 14.3 Å². The standard InChI is InChI=1S/C18H26N4O2/c1-19-17(24)18(22-12-6-10-20-22)9-5-11-21(14-18)16(23)13-15-7-3-2-4-8-15/h6-7,10,12H,2-5,8-9,11,13-14H2,1H3,(H,19,24). The van der Waals surface area contributed by atoms with E-state index in [0.29, 0.717) is 25.9 Å². The van der Waals surface area contributed by atoms with E-state index in [2.05, 4.69) is 16.5 Å². The smallest absolute Gasteiger partial charge is 0.249 e. The van der Waals surface area contributed by atoms with Crippen LogP contribution >= 0.6 is 0 Å². The summed E-state index contributed by atoms with van der Waals surface area (Å²) >= 11 is 0. The molecule has 6 nitrogen and oxygen atoms in total. The molecule has 1 unspecified atom stereocenters. The van der Waals surface area contributed by atoms with Crippen molar-refractivity contribution in [3.05, 3.63) is 30.1 Å². The zero-order chi connectivity index (χ0) is 17.0. The number of nitrogens with zero attached hydrogens (tertiary/aromatic N) is 3. The van der Waals surface area contributed by atoms with Crippen LogP contribution in [0.5, 0.6) is 0 Å². The van der Waals surface area contributed by atoms with Crippen molar-refractivity contribution in [1.82, 2.24) is 20.0 Å². The van der Waals surface area contributed by atoms with Crippen molar-refractivity contribution < 1.29 is 9.59 Å². The van der Waals surface area contributed by atoms with Crippen LogP contribution in [-0.2, 0) is 15.1 Å². The van der Waals surface area contributed by atoms with Gasteiger partial charge in [-0.2, -0.15) is 5.10 Å². The topological polar surface area (TPSA) is 67.2 Å². The number of allylic oxidation sites excluding steroid dienone is 1. The number of likely N-dealkylation sites (N-methyl/N-ethyl adjacent to an activating group) is 1. The Morgan fingerprint density at radius 2 is 2.21 bits per heavy atom. The van der Waals surface area contributed by atoms with Gasteiger partial charge < -0.3 is 10.2 Å². The Morgan fingerprint density at radius 3 is 2.88 bits per heavy atom.